The molecule has 0 saturated heterocycles. The van der Waals surface area contributed by atoms with Gasteiger partial charge in [0.25, 0.3) is 0 Å². The van der Waals surface area contributed by atoms with E-state index in [-0.39, 0.29) is 0 Å². The second-order valence-corrected chi connectivity index (χ2v) is 2.42. The first-order chi connectivity index (χ1) is 5.77. The third-order valence-corrected chi connectivity index (χ3v) is 1.21. The highest BCUT2D eigenvalue weighted by Crippen LogP contribution is 1.88. The molecule has 0 aliphatic heterocycles. The molecule has 0 aromatic heterocycles. The summed E-state index contributed by atoms with van der Waals surface area (Å²) in [7, 11) is 0. The number of hydrogen-bond donors (Lipinski definition) is 2. The van der Waals surface area contributed by atoms with Gasteiger partial charge in [-0.05, 0) is 6.42 Å². The van der Waals surface area contributed by atoms with Gasteiger partial charge in [-0.1, -0.05) is 49.7 Å². The minimum absolute atomic E-state index is 0.486. The molecular weight excluding hydrogens is 152 g/mol. The zero-order valence-electron chi connectivity index (χ0n) is 7.35. The molecule has 2 N–H and O–H groups in total. The minimum Gasteiger partial charge on any atom is -0.368 e. The summed E-state index contributed by atoms with van der Waals surface area (Å²) in [5.74, 6) is 0. The molecule has 2 heteroatoms. The molecule has 0 bridgehead atoms. The zero-order valence-corrected chi connectivity index (χ0v) is 7.35. The normalized spacial score (nSPS) is 9.00. The van der Waals surface area contributed by atoms with Crippen molar-refractivity contribution in [3.8, 4) is 0 Å². The molecule has 2 nitrogen and oxygen atoms in total. The fourth-order valence-electron chi connectivity index (χ4n) is 0.643. The van der Waals surface area contributed by atoms with Gasteiger partial charge >= 0.3 is 0 Å². The third kappa shape index (κ3) is 9.14. The van der Waals surface area contributed by atoms with E-state index < -0.39 is 6.29 Å². The fourth-order valence-corrected chi connectivity index (χ4v) is 0.643. The third-order valence-electron chi connectivity index (χ3n) is 1.21. The van der Waals surface area contributed by atoms with Crippen LogP contribution in [0.1, 0.15) is 19.8 Å². The van der Waals surface area contributed by atoms with Gasteiger partial charge in [0.1, 0.15) is 0 Å². The fraction of sp³-hybridized carbons (Fsp3) is 0.400. The maximum absolute atomic E-state index is 8.11. The lowest BCUT2D eigenvalue weighted by atomic mass is 10.3. The molecule has 68 valence electrons. The van der Waals surface area contributed by atoms with Crippen LogP contribution in [0, 0.1) is 0 Å². The standard InChI is InChI=1S/C6H6.C4H10O2/c1-2-4-6-5-3-1;1-2-3-4(5)6/h1-6H;4-6H,2-3H2,1H3. The van der Waals surface area contributed by atoms with E-state index in [0.717, 1.165) is 6.42 Å². The monoisotopic (exact) mass is 168 g/mol. The molecule has 1 rings (SSSR count). The van der Waals surface area contributed by atoms with E-state index >= 15 is 0 Å². The van der Waals surface area contributed by atoms with Crippen LogP contribution in [0.15, 0.2) is 36.4 Å². The lowest BCUT2D eigenvalue weighted by molar-refractivity contribution is -0.0453. The van der Waals surface area contributed by atoms with Crippen molar-refractivity contribution in [1.82, 2.24) is 0 Å². The van der Waals surface area contributed by atoms with Gasteiger partial charge in [0.15, 0.2) is 6.29 Å². The summed E-state index contributed by atoms with van der Waals surface area (Å²) in [4.78, 5) is 0. The summed E-state index contributed by atoms with van der Waals surface area (Å²) in [6, 6.07) is 12.0. The van der Waals surface area contributed by atoms with Crippen LogP contribution in [-0.4, -0.2) is 16.5 Å². The first-order valence-corrected chi connectivity index (χ1v) is 4.13. The minimum atomic E-state index is -1.10. The van der Waals surface area contributed by atoms with Crippen molar-refractivity contribution in [3.05, 3.63) is 36.4 Å². The summed E-state index contributed by atoms with van der Waals surface area (Å²) in [6.07, 6.45) is 0.215. The lowest BCUT2D eigenvalue weighted by Crippen LogP contribution is -2.01. The van der Waals surface area contributed by atoms with Crippen LogP contribution >= 0.6 is 0 Å². The molecule has 0 aliphatic carbocycles. The van der Waals surface area contributed by atoms with E-state index in [9.17, 15) is 0 Å². The molecule has 1 aromatic rings. The molecular formula is C10H16O2. The quantitative estimate of drug-likeness (QED) is 0.661. The number of aliphatic hydroxyl groups is 2. The largest absolute Gasteiger partial charge is 0.368 e. The molecule has 0 amide bonds. The Hall–Kier alpha value is -0.860. The number of rotatable bonds is 2. The van der Waals surface area contributed by atoms with Crippen LogP contribution < -0.4 is 0 Å². The topological polar surface area (TPSA) is 40.5 Å². The summed E-state index contributed by atoms with van der Waals surface area (Å²) in [6.45, 7) is 1.90. The summed E-state index contributed by atoms with van der Waals surface area (Å²) in [5.41, 5.74) is 0. The molecule has 0 spiro atoms. The van der Waals surface area contributed by atoms with Gasteiger partial charge in [0.05, 0.1) is 0 Å². The molecule has 0 heterocycles. The maximum atomic E-state index is 8.11. The van der Waals surface area contributed by atoms with Crippen molar-refractivity contribution >= 4 is 0 Å². The predicted octanol–water partition coefficient (Wildman–Crippen LogP) is 1.78. The van der Waals surface area contributed by atoms with Gasteiger partial charge in [-0.2, -0.15) is 0 Å². The van der Waals surface area contributed by atoms with Gasteiger partial charge < -0.3 is 10.2 Å². The molecule has 0 unspecified atom stereocenters. The van der Waals surface area contributed by atoms with Gasteiger partial charge in [0, 0.05) is 0 Å². The van der Waals surface area contributed by atoms with Crippen LogP contribution in [0.4, 0.5) is 0 Å². The van der Waals surface area contributed by atoms with E-state index in [1.807, 2.05) is 43.3 Å². The number of hydrogen-bond acceptors (Lipinski definition) is 2. The van der Waals surface area contributed by atoms with Crippen LogP contribution in [0.2, 0.25) is 0 Å². The molecule has 0 atom stereocenters. The molecule has 0 aliphatic rings. The average Bonchev–Trinajstić information content (AvgIpc) is 2.08. The van der Waals surface area contributed by atoms with Crippen LogP contribution in [-0.2, 0) is 0 Å². The second-order valence-electron chi connectivity index (χ2n) is 2.42. The highest BCUT2D eigenvalue weighted by Gasteiger charge is 1.89. The molecule has 0 radical (unpaired) electrons. The van der Waals surface area contributed by atoms with E-state index in [1.54, 1.807) is 0 Å². The molecule has 12 heavy (non-hydrogen) atoms. The van der Waals surface area contributed by atoms with Crippen molar-refractivity contribution in [2.75, 3.05) is 0 Å². The predicted molar refractivity (Wildman–Crippen MR) is 49.6 cm³/mol. The van der Waals surface area contributed by atoms with Gasteiger partial charge in [0.2, 0.25) is 0 Å². The molecule has 1 aromatic carbocycles. The second kappa shape index (κ2) is 8.24. The van der Waals surface area contributed by atoms with Crippen LogP contribution in [0.5, 0.6) is 0 Å². The Labute approximate surface area is 73.5 Å². The van der Waals surface area contributed by atoms with Crippen molar-refractivity contribution in [3.63, 3.8) is 0 Å². The molecule has 0 fully saturated rings. The average molecular weight is 168 g/mol. The Morgan fingerprint density at radius 1 is 0.917 bits per heavy atom. The summed E-state index contributed by atoms with van der Waals surface area (Å²) in [5, 5.41) is 16.2. The number of aliphatic hydroxyl groups excluding tert-OH is 1. The van der Waals surface area contributed by atoms with Crippen molar-refractivity contribution < 1.29 is 10.2 Å². The molecule has 0 saturated carbocycles. The number of benzene rings is 1. The summed E-state index contributed by atoms with van der Waals surface area (Å²) < 4.78 is 0. The highest BCUT2D eigenvalue weighted by atomic mass is 16.5. The SMILES string of the molecule is CCCC(O)O.c1ccccc1. The smallest absolute Gasteiger partial charge is 0.151 e. The van der Waals surface area contributed by atoms with E-state index in [0.29, 0.717) is 6.42 Å². The van der Waals surface area contributed by atoms with Crippen molar-refractivity contribution in [2.24, 2.45) is 0 Å². The maximum Gasteiger partial charge on any atom is 0.151 e. The highest BCUT2D eigenvalue weighted by molar-refractivity contribution is 4.99. The Balaban J connectivity index is 0.000000202. The Morgan fingerprint density at radius 3 is 1.33 bits per heavy atom. The summed E-state index contributed by atoms with van der Waals surface area (Å²) >= 11 is 0. The first kappa shape index (κ1) is 11.1. The first-order valence-electron chi connectivity index (χ1n) is 4.13. The van der Waals surface area contributed by atoms with Crippen LogP contribution in [0.3, 0.4) is 0 Å². The van der Waals surface area contributed by atoms with Crippen molar-refractivity contribution in [2.45, 2.75) is 26.1 Å². The van der Waals surface area contributed by atoms with E-state index in [4.69, 9.17) is 10.2 Å². The van der Waals surface area contributed by atoms with Gasteiger partial charge in [-0.15, -0.1) is 0 Å². The van der Waals surface area contributed by atoms with Crippen LogP contribution in [0.25, 0.3) is 0 Å². The Kier molecular flexibility index (Phi) is 7.65. The van der Waals surface area contributed by atoms with Gasteiger partial charge in [-0.3, -0.25) is 0 Å². The Morgan fingerprint density at radius 2 is 1.25 bits per heavy atom. The lowest BCUT2D eigenvalue weighted by Gasteiger charge is -1.94. The van der Waals surface area contributed by atoms with E-state index in [1.165, 1.54) is 0 Å². The van der Waals surface area contributed by atoms with Gasteiger partial charge in [-0.25, -0.2) is 0 Å². The van der Waals surface area contributed by atoms with Crippen molar-refractivity contribution in [1.29, 1.82) is 0 Å². The van der Waals surface area contributed by atoms with E-state index in [2.05, 4.69) is 0 Å². The zero-order chi connectivity index (χ0) is 9.23. The Bertz CT molecular complexity index is 134.